The fourth-order valence-electron chi connectivity index (χ4n) is 3.65. The van der Waals surface area contributed by atoms with Crippen molar-refractivity contribution < 1.29 is 35.8 Å². The zero-order valence-corrected chi connectivity index (χ0v) is 20.1. The van der Waals surface area contributed by atoms with Crippen molar-refractivity contribution in [3.05, 3.63) is 96.1 Å². The highest BCUT2D eigenvalue weighted by molar-refractivity contribution is 5.65. The molecule has 0 bridgehead atoms. The van der Waals surface area contributed by atoms with Gasteiger partial charge in [0.1, 0.15) is 34.1 Å². The summed E-state index contributed by atoms with van der Waals surface area (Å²) in [5.41, 5.74) is -0.868. The minimum absolute atomic E-state index is 0.0346. The van der Waals surface area contributed by atoms with Gasteiger partial charge in [0, 0.05) is 11.4 Å². The molecule has 12 heteroatoms. The van der Waals surface area contributed by atoms with E-state index in [0.29, 0.717) is 11.1 Å². The van der Waals surface area contributed by atoms with Crippen LogP contribution in [0.15, 0.2) is 84.9 Å². The highest BCUT2D eigenvalue weighted by Crippen LogP contribution is 2.41. The topological polar surface area (TPSA) is 90.1 Å². The third kappa shape index (κ3) is 6.55. The molecule has 0 amide bonds. The molecule has 0 spiro atoms. The lowest BCUT2D eigenvalue weighted by Gasteiger charge is -2.15. The number of hydrogen-bond donors (Lipinski definition) is 2. The normalized spacial score (nSPS) is 11.2. The number of nitriles is 2. The lowest BCUT2D eigenvalue weighted by Crippen LogP contribution is -2.08. The van der Waals surface area contributed by atoms with Crippen molar-refractivity contribution in [1.82, 2.24) is 0 Å². The minimum atomic E-state index is -4.72. The number of anilines is 2. The molecule has 0 atom stereocenters. The van der Waals surface area contributed by atoms with Crippen molar-refractivity contribution in [2.75, 3.05) is 10.6 Å². The summed E-state index contributed by atoms with van der Waals surface area (Å²) >= 11 is 0. The Morgan fingerprint density at radius 2 is 0.875 bits per heavy atom. The van der Waals surface area contributed by atoms with Gasteiger partial charge in [-0.25, -0.2) is 0 Å². The summed E-state index contributed by atoms with van der Waals surface area (Å²) < 4.78 is 91.8. The van der Waals surface area contributed by atoms with Crippen LogP contribution in [0.5, 0.6) is 23.0 Å². The van der Waals surface area contributed by atoms with E-state index >= 15 is 0 Å². The predicted molar refractivity (Wildman–Crippen MR) is 133 cm³/mol. The first kappa shape index (κ1) is 27.7. The van der Waals surface area contributed by atoms with E-state index in [1.165, 1.54) is 36.4 Å². The molecule has 0 aliphatic rings. The SMILES string of the molecule is N#CNc1ccc(Oc2ccc(-c3ccc(Oc4ccc(NC#N)cc4C(F)(F)F)cc3)cc2)c(C(F)(F)F)c1. The number of rotatable bonds is 7. The van der Waals surface area contributed by atoms with E-state index in [0.717, 1.165) is 24.3 Å². The maximum Gasteiger partial charge on any atom is 0.420 e. The van der Waals surface area contributed by atoms with Crippen LogP contribution in [-0.4, -0.2) is 0 Å². The molecule has 40 heavy (non-hydrogen) atoms. The Labute approximate surface area is 223 Å². The maximum absolute atomic E-state index is 13.5. The lowest BCUT2D eigenvalue weighted by molar-refractivity contribution is -0.139. The van der Waals surface area contributed by atoms with Crippen molar-refractivity contribution in [2.24, 2.45) is 0 Å². The molecule has 0 fully saturated rings. The van der Waals surface area contributed by atoms with Crippen LogP contribution in [0.3, 0.4) is 0 Å². The summed E-state index contributed by atoms with van der Waals surface area (Å²) in [5.74, 6) is -0.631. The van der Waals surface area contributed by atoms with E-state index in [9.17, 15) is 26.3 Å². The van der Waals surface area contributed by atoms with Crippen LogP contribution in [0.2, 0.25) is 0 Å². The molecule has 0 aromatic heterocycles. The van der Waals surface area contributed by atoms with Gasteiger partial charge in [0.25, 0.3) is 0 Å². The zero-order chi connectivity index (χ0) is 28.9. The Morgan fingerprint density at radius 1 is 0.525 bits per heavy atom. The first-order valence-electron chi connectivity index (χ1n) is 11.3. The van der Waals surface area contributed by atoms with Crippen LogP contribution < -0.4 is 20.1 Å². The molecule has 0 saturated heterocycles. The highest BCUT2D eigenvalue weighted by Gasteiger charge is 2.36. The molecule has 4 aromatic rings. The largest absolute Gasteiger partial charge is 0.457 e. The van der Waals surface area contributed by atoms with Crippen molar-refractivity contribution >= 4 is 11.4 Å². The first-order valence-corrected chi connectivity index (χ1v) is 11.3. The van der Waals surface area contributed by atoms with Gasteiger partial charge < -0.3 is 9.47 Å². The molecular formula is C28H16F6N4O2. The van der Waals surface area contributed by atoms with E-state index in [1.807, 2.05) is 0 Å². The van der Waals surface area contributed by atoms with Crippen LogP contribution in [0.1, 0.15) is 11.1 Å². The van der Waals surface area contributed by atoms with Crippen LogP contribution in [-0.2, 0) is 12.4 Å². The van der Waals surface area contributed by atoms with Crippen LogP contribution in [0, 0.1) is 22.9 Å². The summed E-state index contributed by atoms with van der Waals surface area (Å²) in [6, 6.07) is 18.6. The Bertz CT molecular complexity index is 1470. The monoisotopic (exact) mass is 554 g/mol. The van der Waals surface area contributed by atoms with Crippen molar-refractivity contribution in [1.29, 1.82) is 10.5 Å². The Balaban J connectivity index is 1.51. The average molecular weight is 554 g/mol. The summed E-state index contributed by atoms with van der Waals surface area (Å²) in [5, 5.41) is 21.6. The van der Waals surface area contributed by atoms with Gasteiger partial charge in [0.05, 0.1) is 0 Å². The molecule has 4 rings (SSSR count). The summed E-state index contributed by atoms with van der Waals surface area (Å²) in [6.45, 7) is 0. The molecule has 2 N–H and O–H groups in total. The van der Waals surface area contributed by atoms with Gasteiger partial charge in [-0.15, -0.1) is 0 Å². The quantitative estimate of drug-likeness (QED) is 0.135. The molecule has 6 nitrogen and oxygen atoms in total. The number of nitrogens with one attached hydrogen (secondary N) is 2. The number of ether oxygens (including phenoxy) is 2. The van der Waals surface area contributed by atoms with Crippen LogP contribution in [0.4, 0.5) is 37.7 Å². The molecule has 0 heterocycles. The second kappa shape index (κ2) is 11.2. The third-order valence-corrected chi connectivity index (χ3v) is 5.47. The number of alkyl halides is 6. The van der Waals surface area contributed by atoms with E-state index in [1.54, 1.807) is 36.7 Å². The molecule has 0 unspecified atom stereocenters. The van der Waals surface area contributed by atoms with Gasteiger partial charge >= 0.3 is 12.4 Å². The van der Waals surface area contributed by atoms with E-state index in [-0.39, 0.29) is 22.9 Å². The second-order valence-corrected chi connectivity index (χ2v) is 8.14. The van der Waals surface area contributed by atoms with Gasteiger partial charge in [0.2, 0.25) is 0 Å². The smallest absolute Gasteiger partial charge is 0.420 e. The number of benzene rings is 4. The van der Waals surface area contributed by atoms with Gasteiger partial charge in [-0.05, 0) is 71.8 Å². The first-order chi connectivity index (χ1) is 19.0. The number of halogens is 6. The van der Waals surface area contributed by atoms with Crippen molar-refractivity contribution in [3.8, 4) is 46.5 Å². The molecule has 0 aliphatic heterocycles. The maximum atomic E-state index is 13.5. The highest BCUT2D eigenvalue weighted by atomic mass is 19.4. The van der Waals surface area contributed by atoms with E-state index in [2.05, 4.69) is 10.6 Å². The standard InChI is InChI=1S/C28H16F6N4O2/c29-27(30,31)23-13-19(37-15-35)5-11-25(23)39-21-7-1-17(2-8-21)18-3-9-22(10-4-18)40-26-12-6-20(38-16-36)14-24(26)28(32,33)34/h1-14,37-38H. The zero-order valence-electron chi connectivity index (χ0n) is 20.1. The molecule has 4 aromatic carbocycles. The Morgan fingerprint density at radius 3 is 1.18 bits per heavy atom. The summed E-state index contributed by atoms with van der Waals surface area (Å²) in [7, 11) is 0. The molecule has 0 aliphatic carbocycles. The molecular weight excluding hydrogens is 538 g/mol. The molecule has 0 radical (unpaired) electrons. The van der Waals surface area contributed by atoms with Crippen molar-refractivity contribution in [3.63, 3.8) is 0 Å². The van der Waals surface area contributed by atoms with Crippen LogP contribution >= 0.6 is 0 Å². The second-order valence-electron chi connectivity index (χ2n) is 8.14. The van der Waals surface area contributed by atoms with Crippen molar-refractivity contribution in [2.45, 2.75) is 12.4 Å². The predicted octanol–water partition coefficient (Wildman–Crippen LogP) is 8.76. The lowest BCUT2D eigenvalue weighted by atomic mass is 10.1. The average Bonchev–Trinajstić information content (AvgIpc) is 2.90. The molecule has 0 saturated carbocycles. The third-order valence-electron chi connectivity index (χ3n) is 5.47. The van der Waals surface area contributed by atoms with E-state index in [4.69, 9.17) is 20.0 Å². The summed E-state index contributed by atoms with van der Waals surface area (Å²) in [6.07, 6.45) is -6.32. The fourth-order valence-corrected chi connectivity index (χ4v) is 3.65. The van der Waals surface area contributed by atoms with Gasteiger partial charge in [0.15, 0.2) is 12.4 Å². The van der Waals surface area contributed by atoms with Gasteiger partial charge in [-0.2, -0.15) is 36.9 Å². The fraction of sp³-hybridized carbons (Fsp3) is 0.0714. The number of nitrogens with zero attached hydrogens (tertiary/aromatic N) is 2. The summed E-state index contributed by atoms with van der Waals surface area (Å²) in [4.78, 5) is 0. The Hall–Kier alpha value is -5.36. The molecule has 202 valence electrons. The minimum Gasteiger partial charge on any atom is -0.457 e. The van der Waals surface area contributed by atoms with Gasteiger partial charge in [-0.3, -0.25) is 10.6 Å². The van der Waals surface area contributed by atoms with Crippen LogP contribution in [0.25, 0.3) is 11.1 Å². The number of hydrogen-bond acceptors (Lipinski definition) is 6. The van der Waals surface area contributed by atoms with Gasteiger partial charge in [-0.1, -0.05) is 24.3 Å². The van der Waals surface area contributed by atoms with E-state index < -0.39 is 35.0 Å². The Kier molecular flexibility index (Phi) is 7.73.